The lowest BCUT2D eigenvalue weighted by atomic mass is 10.1. The fourth-order valence-electron chi connectivity index (χ4n) is 3.57. The SMILES string of the molecule is CCOc1cc(C)ccc1CNC(=NC)NCc1cccc(COC2CCOCC2)c1. The van der Waals surface area contributed by atoms with Gasteiger partial charge in [-0.3, -0.25) is 4.99 Å². The molecule has 1 aliphatic rings. The van der Waals surface area contributed by atoms with Gasteiger partial charge in [0, 0.05) is 38.9 Å². The molecule has 6 nitrogen and oxygen atoms in total. The number of nitrogens with one attached hydrogen (secondary N) is 2. The van der Waals surface area contributed by atoms with Crippen LogP contribution in [-0.2, 0) is 29.2 Å². The Labute approximate surface area is 186 Å². The highest BCUT2D eigenvalue weighted by Gasteiger charge is 2.14. The van der Waals surface area contributed by atoms with Crippen LogP contribution in [0.3, 0.4) is 0 Å². The van der Waals surface area contributed by atoms with Crippen LogP contribution >= 0.6 is 0 Å². The molecule has 0 aliphatic carbocycles. The third-order valence-electron chi connectivity index (χ3n) is 5.30. The smallest absolute Gasteiger partial charge is 0.191 e. The lowest BCUT2D eigenvalue weighted by molar-refractivity contribution is -0.0390. The molecule has 2 N–H and O–H groups in total. The van der Waals surface area contributed by atoms with Gasteiger partial charge in [-0.05, 0) is 49.4 Å². The lowest BCUT2D eigenvalue weighted by Gasteiger charge is -2.22. The number of ether oxygens (including phenoxy) is 3. The van der Waals surface area contributed by atoms with E-state index in [2.05, 4.69) is 65.0 Å². The molecular weight excluding hydrogens is 390 g/mol. The standard InChI is InChI=1S/C25H35N3O3/c1-4-30-24-14-19(2)8-9-22(24)17-28-25(26-3)27-16-20-6-5-7-21(15-20)18-31-23-10-12-29-13-11-23/h5-9,14-15,23H,4,10-13,16-18H2,1-3H3,(H2,26,27,28). The molecule has 0 bridgehead atoms. The number of aryl methyl sites for hydroxylation is 1. The Kier molecular flexibility index (Phi) is 9.18. The number of guanidine groups is 1. The van der Waals surface area contributed by atoms with E-state index in [-0.39, 0.29) is 0 Å². The predicted molar refractivity (Wildman–Crippen MR) is 124 cm³/mol. The molecule has 31 heavy (non-hydrogen) atoms. The molecule has 0 atom stereocenters. The summed E-state index contributed by atoms with van der Waals surface area (Å²) in [6.07, 6.45) is 2.27. The zero-order valence-electron chi connectivity index (χ0n) is 18.9. The first-order valence-electron chi connectivity index (χ1n) is 11.1. The maximum Gasteiger partial charge on any atom is 0.191 e. The number of aliphatic imine (C=N–C) groups is 1. The second-order valence-electron chi connectivity index (χ2n) is 7.77. The minimum absolute atomic E-state index is 0.307. The van der Waals surface area contributed by atoms with E-state index >= 15 is 0 Å². The molecule has 1 fully saturated rings. The Bertz CT molecular complexity index is 848. The van der Waals surface area contributed by atoms with Gasteiger partial charge in [-0.1, -0.05) is 36.4 Å². The minimum atomic E-state index is 0.307. The number of hydrogen-bond donors (Lipinski definition) is 2. The highest BCUT2D eigenvalue weighted by atomic mass is 16.5. The van der Waals surface area contributed by atoms with Crippen molar-refractivity contribution in [2.45, 2.75) is 52.5 Å². The van der Waals surface area contributed by atoms with Crippen LogP contribution in [0, 0.1) is 6.92 Å². The zero-order valence-corrected chi connectivity index (χ0v) is 18.9. The Morgan fingerprint density at radius 2 is 1.84 bits per heavy atom. The van der Waals surface area contributed by atoms with Gasteiger partial charge in [0.2, 0.25) is 0 Å². The van der Waals surface area contributed by atoms with Gasteiger partial charge < -0.3 is 24.8 Å². The molecule has 2 aromatic rings. The van der Waals surface area contributed by atoms with Crippen molar-refractivity contribution in [3.63, 3.8) is 0 Å². The monoisotopic (exact) mass is 425 g/mol. The van der Waals surface area contributed by atoms with E-state index in [4.69, 9.17) is 14.2 Å². The van der Waals surface area contributed by atoms with Crippen LogP contribution < -0.4 is 15.4 Å². The summed E-state index contributed by atoms with van der Waals surface area (Å²) in [7, 11) is 1.78. The second kappa shape index (κ2) is 12.3. The summed E-state index contributed by atoms with van der Waals surface area (Å²) in [5, 5.41) is 6.77. The van der Waals surface area contributed by atoms with Gasteiger partial charge in [0.25, 0.3) is 0 Å². The first-order chi connectivity index (χ1) is 15.2. The number of rotatable bonds is 9. The van der Waals surface area contributed by atoms with Crippen LogP contribution in [0.1, 0.15) is 42.0 Å². The number of hydrogen-bond acceptors (Lipinski definition) is 4. The van der Waals surface area contributed by atoms with Crippen LogP contribution in [0.4, 0.5) is 0 Å². The Morgan fingerprint density at radius 3 is 2.61 bits per heavy atom. The largest absolute Gasteiger partial charge is 0.494 e. The lowest BCUT2D eigenvalue weighted by Crippen LogP contribution is -2.36. The highest BCUT2D eigenvalue weighted by Crippen LogP contribution is 2.20. The molecule has 0 radical (unpaired) electrons. The van der Waals surface area contributed by atoms with Crippen LogP contribution in [0.15, 0.2) is 47.5 Å². The van der Waals surface area contributed by atoms with Crippen LogP contribution in [0.5, 0.6) is 5.75 Å². The highest BCUT2D eigenvalue weighted by molar-refractivity contribution is 5.79. The summed E-state index contributed by atoms with van der Waals surface area (Å²) in [6, 6.07) is 14.8. The molecule has 1 aliphatic heterocycles. The third kappa shape index (κ3) is 7.56. The topological polar surface area (TPSA) is 64.1 Å². The summed E-state index contributed by atoms with van der Waals surface area (Å²) < 4.78 is 17.2. The molecule has 1 heterocycles. The van der Waals surface area contributed by atoms with Crippen LogP contribution in [-0.4, -0.2) is 38.9 Å². The van der Waals surface area contributed by atoms with E-state index in [1.165, 1.54) is 16.7 Å². The van der Waals surface area contributed by atoms with Crippen molar-refractivity contribution in [3.8, 4) is 5.75 Å². The van der Waals surface area contributed by atoms with Gasteiger partial charge in [-0.2, -0.15) is 0 Å². The average molecular weight is 426 g/mol. The summed E-state index contributed by atoms with van der Waals surface area (Å²) in [4.78, 5) is 4.35. The van der Waals surface area contributed by atoms with Crippen molar-refractivity contribution >= 4 is 5.96 Å². The second-order valence-corrected chi connectivity index (χ2v) is 7.77. The number of nitrogens with zero attached hydrogens (tertiary/aromatic N) is 1. The van der Waals surface area contributed by atoms with Crippen LogP contribution in [0.25, 0.3) is 0 Å². The predicted octanol–water partition coefficient (Wildman–Crippen LogP) is 3.95. The van der Waals surface area contributed by atoms with E-state index in [1.807, 2.05) is 6.92 Å². The maximum absolute atomic E-state index is 6.05. The van der Waals surface area contributed by atoms with Gasteiger partial charge in [-0.25, -0.2) is 0 Å². The summed E-state index contributed by atoms with van der Waals surface area (Å²) in [6.45, 7) is 8.30. The first-order valence-corrected chi connectivity index (χ1v) is 11.1. The fraction of sp³-hybridized carbons (Fsp3) is 0.480. The van der Waals surface area contributed by atoms with Crippen LogP contribution in [0.2, 0.25) is 0 Å². The molecule has 0 aromatic heterocycles. The Morgan fingerprint density at radius 1 is 1.06 bits per heavy atom. The average Bonchev–Trinajstić information content (AvgIpc) is 2.80. The molecule has 1 saturated heterocycles. The summed E-state index contributed by atoms with van der Waals surface area (Å²) in [5.41, 5.74) is 4.69. The van der Waals surface area contributed by atoms with Gasteiger partial charge in [-0.15, -0.1) is 0 Å². The Hall–Kier alpha value is -2.57. The van der Waals surface area contributed by atoms with E-state index in [0.717, 1.165) is 43.3 Å². The van der Waals surface area contributed by atoms with E-state index in [9.17, 15) is 0 Å². The van der Waals surface area contributed by atoms with Gasteiger partial charge >= 0.3 is 0 Å². The maximum atomic E-state index is 6.05. The van der Waals surface area contributed by atoms with Crippen molar-refractivity contribution in [2.75, 3.05) is 26.9 Å². The van der Waals surface area contributed by atoms with E-state index < -0.39 is 0 Å². The number of benzene rings is 2. The van der Waals surface area contributed by atoms with E-state index in [1.54, 1.807) is 7.05 Å². The van der Waals surface area contributed by atoms with Crippen molar-refractivity contribution in [1.82, 2.24) is 10.6 Å². The fourth-order valence-corrected chi connectivity index (χ4v) is 3.57. The van der Waals surface area contributed by atoms with Crippen molar-refractivity contribution in [3.05, 3.63) is 64.7 Å². The molecular formula is C25H35N3O3. The molecule has 2 aromatic carbocycles. The summed E-state index contributed by atoms with van der Waals surface area (Å²) in [5.74, 6) is 1.68. The molecule has 168 valence electrons. The van der Waals surface area contributed by atoms with E-state index in [0.29, 0.717) is 32.4 Å². The molecule has 3 rings (SSSR count). The first kappa shape index (κ1) is 23.1. The molecule has 0 amide bonds. The van der Waals surface area contributed by atoms with Gasteiger partial charge in [0.1, 0.15) is 5.75 Å². The molecule has 6 heteroatoms. The molecule has 0 spiro atoms. The van der Waals surface area contributed by atoms with Gasteiger partial charge in [0.15, 0.2) is 5.96 Å². The van der Waals surface area contributed by atoms with Crippen molar-refractivity contribution in [1.29, 1.82) is 0 Å². The Balaban J connectivity index is 1.49. The normalized spacial score (nSPS) is 15.0. The quantitative estimate of drug-likeness (QED) is 0.470. The van der Waals surface area contributed by atoms with Gasteiger partial charge in [0.05, 0.1) is 19.3 Å². The van der Waals surface area contributed by atoms with Crippen molar-refractivity contribution in [2.24, 2.45) is 4.99 Å². The minimum Gasteiger partial charge on any atom is -0.494 e. The van der Waals surface area contributed by atoms with Crippen molar-refractivity contribution < 1.29 is 14.2 Å². The molecule has 0 saturated carbocycles. The third-order valence-corrected chi connectivity index (χ3v) is 5.30. The molecule has 0 unspecified atom stereocenters. The summed E-state index contributed by atoms with van der Waals surface area (Å²) >= 11 is 0. The zero-order chi connectivity index (χ0) is 21.9.